The molecule has 1 unspecified atom stereocenters. The van der Waals surface area contributed by atoms with Crippen molar-refractivity contribution >= 4 is 44.8 Å². The normalized spacial score (nSPS) is 18.9. The molecule has 8 rings (SSSR count). The number of alkyl halides is 6. The third-order valence-electron chi connectivity index (χ3n) is 12.4. The molecule has 0 fully saturated rings. The van der Waals surface area contributed by atoms with Crippen LogP contribution in [-0.2, 0) is 31.8 Å². The Morgan fingerprint density at radius 1 is 0.671 bits per heavy atom. The SMILES string of the molecule is CC(O)c1cc(C#N)ccc1[C@@H]1C2=C(CCC2=O)N(c2cccc(C(F)(F)F)c2)C(=O)N1C.CN1C(=O)N(c2cccc(C(F)(F)F)c2)C2=C(C(=O)CC2)[C@H]1c1ccc(C#N)cc1S(=O)(=O)CCCO. The van der Waals surface area contributed by atoms with Crippen molar-refractivity contribution in [1.82, 2.24) is 9.80 Å². The lowest BCUT2D eigenvalue weighted by Crippen LogP contribution is -2.48. The number of benzene rings is 4. The van der Waals surface area contributed by atoms with Crippen molar-refractivity contribution in [2.45, 2.75) is 74.5 Å². The van der Waals surface area contributed by atoms with Crippen LogP contribution in [0.1, 0.15) is 96.2 Å². The summed E-state index contributed by atoms with van der Waals surface area (Å²) in [5.74, 6) is -1.00. The van der Waals surface area contributed by atoms with Gasteiger partial charge in [-0.15, -0.1) is 0 Å². The molecule has 0 saturated carbocycles. The van der Waals surface area contributed by atoms with Gasteiger partial charge in [-0.05, 0) is 104 Å². The number of allylic oxidation sites excluding steroid dienone is 2. The average Bonchev–Trinajstić information content (AvgIpc) is 3.89. The molecule has 4 aromatic carbocycles. The summed E-state index contributed by atoms with van der Waals surface area (Å²) in [6, 6.07) is 17.8. The molecule has 3 atom stereocenters. The number of halogens is 6. The zero-order chi connectivity index (χ0) is 51.2. The van der Waals surface area contributed by atoms with Crippen molar-refractivity contribution < 1.29 is 64.2 Å². The van der Waals surface area contributed by atoms with Gasteiger partial charge in [0.1, 0.15) is 0 Å². The number of urea groups is 2. The van der Waals surface area contributed by atoms with Gasteiger partial charge in [-0.3, -0.25) is 19.4 Å². The van der Waals surface area contributed by atoms with Gasteiger partial charge in [0, 0.05) is 56.1 Å². The summed E-state index contributed by atoms with van der Waals surface area (Å²) >= 11 is 0. The molecule has 70 heavy (non-hydrogen) atoms. The van der Waals surface area contributed by atoms with E-state index in [4.69, 9.17) is 5.11 Å². The Morgan fingerprint density at radius 3 is 1.54 bits per heavy atom. The number of Topliss-reactive ketones (excluding diaryl/α,β-unsaturated/α-hetero) is 2. The zero-order valence-electron chi connectivity index (χ0n) is 37.5. The number of carbonyl (C=O) groups is 4. The molecule has 0 saturated heterocycles. The predicted octanol–water partition coefficient (Wildman–Crippen LogP) is 8.82. The van der Waals surface area contributed by atoms with Crippen molar-refractivity contribution in [2.75, 3.05) is 36.3 Å². The fraction of sp³-hybridized carbons (Fsp3) is 0.306. The number of ketones is 2. The lowest BCUT2D eigenvalue weighted by molar-refractivity contribution is -0.138. The Hall–Kier alpha value is -7.33. The number of aliphatic hydroxyl groups is 2. The van der Waals surface area contributed by atoms with E-state index in [1.54, 1.807) is 12.1 Å². The highest BCUT2D eigenvalue weighted by molar-refractivity contribution is 7.91. The number of sulfone groups is 1. The second-order valence-corrected chi connectivity index (χ2v) is 18.9. The van der Waals surface area contributed by atoms with E-state index in [-0.39, 0.29) is 88.9 Å². The molecule has 2 aliphatic heterocycles. The van der Waals surface area contributed by atoms with Crippen molar-refractivity contribution in [1.29, 1.82) is 10.5 Å². The lowest BCUT2D eigenvalue weighted by Gasteiger charge is -2.41. The second-order valence-electron chi connectivity index (χ2n) is 16.8. The van der Waals surface area contributed by atoms with Gasteiger partial charge in [0.25, 0.3) is 0 Å². The van der Waals surface area contributed by atoms with E-state index >= 15 is 0 Å². The third-order valence-corrected chi connectivity index (χ3v) is 14.3. The van der Waals surface area contributed by atoms with Crippen molar-refractivity contribution in [3.63, 3.8) is 0 Å². The maximum atomic E-state index is 13.6. The maximum Gasteiger partial charge on any atom is 0.416 e. The van der Waals surface area contributed by atoms with Gasteiger partial charge in [-0.1, -0.05) is 24.3 Å². The molecule has 14 nitrogen and oxygen atoms in total. The minimum atomic E-state index is -4.65. The molecule has 2 heterocycles. The number of likely N-dealkylation sites (N-methyl/N-ethyl adjacent to an activating group) is 2. The average molecular weight is 989 g/mol. The Morgan fingerprint density at radius 2 is 1.11 bits per heavy atom. The first kappa shape index (κ1) is 50.5. The molecule has 4 aromatic rings. The first-order valence-electron chi connectivity index (χ1n) is 21.6. The number of nitriles is 2. The van der Waals surface area contributed by atoms with Crippen LogP contribution in [0.4, 0.5) is 47.3 Å². The van der Waals surface area contributed by atoms with Crippen molar-refractivity contribution in [2.24, 2.45) is 0 Å². The Bertz CT molecular complexity index is 3100. The standard InChI is InChI=1S/C25H22F3N3O5S.C24H20F3N3O3/c1-30-23(18-7-6-15(14-29)12-21(18)37(35,36)11-3-10-32)22-19(8-9-20(22)33)31(24(30)34)17-5-2-4-16(13-17)25(26,27)28;1-13(31)18-10-14(12-28)6-7-17(18)22-21-19(8-9-20(21)32)30(23(33)29(22)2)16-5-3-4-15(11-16)24(25,26)27/h2,4-7,12-13,23,32H,3,8-11H2,1H3;3-7,10-11,13,22,31H,8-9H2,1-2H3/t23-;13?,22-/m11/s1. The summed E-state index contributed by atoms with van der Waals surface area (Å²) in [4.78, 5) is 57.4. The Kier molecular flexibility index (Phi) is 13.9. The van der Waals surface area contributed by atoms with Crippen LogP contribution in [0.25, 0.3) is 0 Å². The van der Waals surface area contributed by atoms with E-state index in [1.165, 1.54) is 74.4 Å². The minimum Gasteiger partial charge on any atom is -0.396 e. The van der Waals surface area contributed by atoms with Gasteiger partial charge >= 0.3 is 24.4 Å². The number of rotatable bonds is 9. The van der Waals surface area contributed by atoms with Gasteiger partial charge < -0.3 is 20.0 Å². The molecule has 0 aromatic heterocycles. The number of hydrogen-bond donors (Lipinski definition) is 2. The van der Waals surface area contributed by atoms with Crippen LogP contribution >= 0.6 is 0 Å². The zero-order valence-corrected chi connectivity index (χ0v) is 38.3. The van der Waals surface area contributed by atoms with Gasteiger partial charge in [-0.2, -0.15) is 36.9 Å². The summed E-state index contributed by atoms with van der Waals surface area (Å²) in [6.45, 7) is 1.14. The third kappa shape index (κ3) is 9.39. The molecule has 2 aliphatic carbocycles. The number of aliphatic hydroxyl groups excluding tert-OH is 2. The van der Waals surface area contributed by atoms with E-state index in [1.807, 2.05) is 12.1 Å². The second kappa shape index (κ2) is 19.2. The van der Waals surface area contributed by atoms with E-state index in [0.717, 1.165) is 39.0 Å². The summed E-state index contributed by atoms with van der Waals surface area (Å²) in [7, 11) is -1.23. The molecule has 4 aliphatic rings. The molecule has 2 N–H and O–H groups in total. The number of hydrogen-bond acceptors (Lipinski definition) is 10. The highest BCUT2D eigenvalue weighted by atomic mass is 32.2. The highest BCUT2D eigenvalue weighted by Gasteiger charge is 2.48. The van der Waals surface area contributed by atoms with E-state index in [9.17, 15) is 69.6 Å². The summed E-state index contributed by atoms with van der Waals surface area (Å²) in [5, 5.41) is 38.0. The van der Waals surface area contributed by atoms with Crippen molar-refractivity contribution in [3.8, 4) is 12.1 Å². The first-order chi connectivity index (χ1) is 32.9. The van der Waals surface area contributed by atoms with Crippen molar-refractivity contribution in [3.05, 3.63) is 146 Å². The molecule has 364 valence electrons. The molecular weight excluding hydrogens is 947 g/mol. The highest BCUT2D eigenvalue weighted by Crippen LogP contribution is 2.48. The van der Waals surface area contributed by atoms with E-state index in [2.05, 4.69) is 0 Å². The molecular formula is C49H42F6N6O8S. The smallest absolute Gasteiger partial charge is 0.396 e. The molecule has 4 amide bonds. The van der Waals surface area contributed by atoms with Crippen LogP contribution in [0.15, 0.2) is 112 Å². The fourth-order valence-electron chi connectivity index (χ4n) is 9.19. The van der Waals surface area contributed by atoms with Crippen LogP contribution in [-0.4, -0.2) is 78.5 Å². The van der Waals surface area contributed by atoms with Crippen LogP contribution in [0.5, 0.6) is 0 Å². The monoisotopic (exact) mass is 988 g/mol. The number of nitrogens with zero attached hydrogens (tertiary/aromatic N) is 6. The number of carbonyl (C=O) groups excluding carboxylic acids is 4. The Labute approximate surface area is 397 Å². The van der Waals surface area contributed by atoms with Gasteiger partial charge in [0.15, 0.2) is 21.4 Å². The van der Waals surface area contributed by atoms with Crippen LogP contribution < -0.4 is 9.80 Å². The first-order valence-corrected chi connectivity index (χ1v) is 23.2. The quantitative estimate of drug-likeness (QED) is 0.153. The summed E-state index contributed by atoms with van der Waals surface area (Å²) in [6.07, 6.45) is -9.84. The van der Waals surface area contributed by atoms with Gasteiger partial charge in [-0.25, -0.2) is 18.0 Å². The number of amides is 4. The summed E-state index contributed by atoms with van der Waals surface area (Å²) in [5.41, 5.74) is 0.443. The fourth-order valence-corrected chi connectivity index (χ4v) is 10.8. The van der Waals surface area contributed by atoms with E-state index < -0.39 is 69.3 Å². The maximum absolute atomic E-state index is 13.6. The van der Waals surface area contributed by atoms with Crippen LogP contribution in [0, 0.1) is 22.7 Å². The van der Waals surface area contributed by atoms with Crippen LogP contribution in [0.2, 0.25) is 0 Å². The predicted molar refractivity (Wildman–Crippen MR) is 239 cm³/mol. The lowest BCUT2D eigenvalue weighted by atomic mass is 9.87. The number of anilines is 2. The largest absolute Gasteiger partial charge is 0.416 e. The van der Waals surface area contributed by atoms with Gasteiger partial charge in [0.2, 0.25) is 0 Å². The topological polar surface area (TPSA) is 203 Å². The molecule has 21 heteroatoms. The Balaban J connectivity index is 0.000000208. The van der Waals surface area contributed by atoms with E-state index in [0.29, 0.717) is 28.0 Å². The summed E-state index contributed by atoms with van der Waals surface area (Å²) < 4.78 is 106. The minimum absolute atomic E-state index is 0.000618. The van der Waals surface area contributed by atoms with Crippen LogP contribution in [0.3, 0.4) is 0 Å². The molecule has 0 spiro atoms. The molecule has 0 radical (unpaired) electrons. The van der Waals surface area contributed by atoms with Gasteiger partial charge in [0.05, 0.1) is 74.6 Å². The molecule has 0 bridgehead atoms.